The zero-order valence-corrected chi connectivity index (χ0v) is 16.7. The molecule has 0 unspecified atom stereocenters. The van der Waals surface area contributed by atoms with Gasteiger partial charge in [-0.25, -0.2) is 0 Å². The molecule has 0 saturated carbocycles. The SMILES string of the molecule is C[C@H](C(=O)Nc1ccc(Oc2ccc(Cl)cc2)cc1)N1C(=O)c2ccccc2C1=O. The number of ether oxygens (including phenoxy) is 1. The molecule has 4 rings (SSSR count). The molecule has 6 nitrogen and oxygen atoms in total. The minimum Gasteiger partial charge on any atom is -0.457 e. The molecular weight excluding hydrogens is 404 g/mol. The summed E-state index contributed by atoms with van der Waals surface area (Å²) in [6.07, 6.45) is 0. The number of anilines is 1. The summed E-state index contributed by atoms with van der Waals surface area (Å²) in [7, 11) is 0. The van der Waals surface area contributed by atoms with E-state index in [-0.39, 0.29) is 0 Å². The number of fused-ring (bicyclic) bond motifs is 1. The van der Waals surface area contributed by atoms with Gasteiger partial charge >= 0.3 is 0 Å². The molecule has 1 N–H and O–H groups in total. The number of carbonyl (C=O) groups is 3. The van der Waals surface area contributed by atoms with Crippen molar-refractivity contribution in [2.45, 2.75) is 13.0 Å². The average Bonchev–Trinajstić information content (AvgIpc) is 3.01. The highest BCUT2D eigenvalue weighted by Gasteiger charge is 2.40. The summed E-state index contributed by atoms with van der Waals surface area (Å²) < 4.78 is 5.72. The third kappa shape index (κ3) is 3.77. The Hall–Kier alpha value is -3.64. The van der Waals surface area contributed by atoms with E-state index in [1.807, 2.05) is 0 Å². The minimum atomic E-state index is -0.956. The lowest BCUT2D eigenvalue weighted by Gasteiger charge is -2.21. The van der Waals surface area contributed by atoms with Gasteiger partial charge < -0.3 is 10.1 Å². The van der Waals surface area contributed by atoms with Gasteiger partial charge in [0.2, 0.25) is 5.91 Å². The number of carbonyl (C=O) groups excluding carboxylic acids is 3. The number of imide groups is 1. The van der Waals surface area contributed by atoms with Crippen molar-refractivity contribution in [3.8, 4) is 11.5 Å². The standard InChI is InChI=1S/C23H17ClN2O4/c1-14(26-22(28)19-4-2-3-5-20(19)23(26)29)21(27)25-16-8-12-18(13-9-16)30-17-10-6-15(24)7-11-17/h2-14H,1H3,(H,25,27)/t14-/m1/s1. The summed E-state index contributed by atoms with van der Waals surface area (Å²) in [6, 6.07) is 19.3. The maximum absolute atomic E-state index is 12.6. The second kappa shape index (κ2) is 8.00. The second-order valence-corrected chi connectivity index (χ2v) is 7.21. The van der Waals surface area contributed by atoms with Gasteiger partial charge in [0.05, 0.1) is 11.1 Å². The molecule has 0 aliphatic carbocycles. The quantitative estimate of drug-likeness (QED) is 0.604. The molecule has 0 spiro atoms. The third-order valence-corrected chi connectivity index (χ3v) is 5.02. The fraction of sp³-hybridized carbons (Fsp3) is 0.0870. The van der Waals surface area contributed by atoms with Gasteiger partial charge in [-0.05, 0) is 67.6 Å². The van der Waals surface area contributed by atoms with Crippen molar-refractivity contribution >= 4 is 35.0 Å². The molecule has 3 aromatic carbocycles. The second-order valence-electron chi connectivity index (χ2n) is 6.77. The molecule has 150 valence electrons. The van der Waals surface area contributed by atoms with Crippen molar-refractivity contribution in [1.82, 2.24) is 4.90 Å². The first-order valence-corrected chi connectivity index (χ1v) is 9.63. The van der Waals surface area contributed by atoms with Crippen LogP contribution in [-0.2, 0) is 4.79 Å². The maximum Gasteiger partial charge on any atom is 0.262 e. The molecule has 0 saturated heterocycles. The van der Waals surface area contributed by atoms with Gasteiger partial charge in [-0.2, -0.15) is 0 Å². The predicted octanol–water partition coefficient (Wildman–Crippen LogP) is 4.76. The Bertz CT molecular complexity index is 1090. The smallest absolute Gasteiger partial charge is 0.262 e. The summed E-state index contributed by atoms with van der Waals surface area (Å²) in [5.74, 6) is -0.176. The van der Waals surface area contributed by atoms with Crippen molar-refractivity contribution in [3.05, 3.63) is 88.9 Å². The minimum absolute atomic E-state index is 0.311. The number of hydrogen-bond donors (Lipinski definition) is 1. The lowest BCUT2D eigenvalue weighted by Crippen LogP contribution is -2.45. The van der Waals surface area contributed by atoms with E-state index in [9.17, 15) is 14.4 Å². The van der Waals surface area contributed by atoms with Gasteiger partial charge in [0.15, 0.2) is 0 Å². The molecule has 1 aliphatic heterocycles. The highest BCUT2D eigenvalue weighted by molar-refractivity contribution is 6.30. The Labute approximate surface area is 178 Å². The molecule has 0 aromatic heterocycles. The Morgan fingerprint density at radius 1 is 0.867 bits per heavy atom. The number of benzene rings is 3. The van der Waals surface area contributed by atoms with Crippen LogP contribution in [0, 0.1) is 0 Å². The van der Waals surface area contributed by atoms with Crippen molar-refractivity contribution in [2.75, 3.05) is 5.32 Å². The summed E-state index contributed by atoms with van der Waals surface area (Å²) in [4.78, 5) is 38.7. The van der Waals surface area contributed by atoms with Crippen LogP contribution >= 0.6 is 11.6 Å². The van der Waals surface area contributed by atoms with Crippen LogP contribution in [0.4, 0.5) is 5.69 Å². The van der Waals surface area contributed by atoms with Crippen LogP contribution in [0.1, 0.15) is 27.6 Å². The van der Waals surface area contributed by atoms with E-state index >= 15 is 0 Å². The summed E-state index contributed by atoms with van der Waals surface area (Å²) in [5, 5.41) is 3.35. The molecule has 1 heterocycles. The van der Waals surface area contributed by atoms with Gasteiger partial charge in [-0.1, -0.05) is 23.7 Å². The zero-order valence-electron chi connectivity index (χ0n) is 16.0. The number of hydrogen-bond acceptors (Lipinski definition) is 4. The molecular formula is C23H17ClN2O4. The fourth-order valence-corrected chi connectivity index (χ4v) is 3.29. The topological polar surface area (TPSA) is 75.7 Å². The molecule has 1 aliphatic rings. The first-order chi connectivity index (χ1) is 14.4. The van der Waals surface area contributed by atoms with Crippen molar-refractivity contribution in [1.29, 1.82) is 0 Å². The largest absolute Gasteiger partial charge is 0.457 e. The number of nitrogens with one attached hydrogen (secondary N) is 1. The highest BCUT2D eigenvalue weighted by Crippen LogP contribution is 2.26. The highest BCUT2D eigenvalue weighted by atomic mass is 35.5. The van der Waals surface area contributed by atoms with E-state index in [0.29, 0.717) is 33.3 Å². The number of amides is 3. The third-order valence-electron chi connectivity index (χ3n) is 4.76. The van der Waals surface area contributed by atoms with Crippen LogP contribution in [0.15, 0.2) is 72.8 Å². The number of nitrogens with zero attached hydrogens (tertiary/aromatic N) is 1. The van der Waals surface area contributed by atoms with Crippen LogP contribution in [0.25, 0.3) is 0 Å². The Balaban J connectivity index is 1.42. The molecule has 1 atom stereocenters. The molecule has 30 heavy (non-hydrogen) atoms. The molecule has 3 aromatic rings. The first kappa shape index (κ1) is 19.7. The molecule has 3 amide bonds. The Morgan fingerprint density at radius 2 is 1.37 bits per heavy atom. The van der Waals surface area contributed by atoms with Crippen LogP contribution in [0.2, 0.25) is 5.02 Å². The average molecular weight is 421 g/mol. The van der Waals surface area contributed by atoms with Gasteiger partial charge in [-0.3, -0.25) is 19.3 Å². The monoisotopic (exact) mass is 420 g/mol. The maximum atomic E-state index is 12.6. The van der Waals surface area contributed by atoms with Crippen molar-refractivity contribution in [2.24, 2.45) is 0 Å². The van der Waals surface area contributed by atoms with Gasteiger partial charge in [0.1, 0.15) is 17.5 Å². The number of rotatable bonds is 5. The molecule has 7 heteroatoms. The van der Waals surface area contributed by atoms with Crippen LogP contribution in [-0.4, -0.2) is 28.7 Å². The van der Waals surface area contributed by atoms with Crippen molar-refractivity contribution < 1.29 is 19.1 Å². The van der Waals surface area contributed by atoms with Crippen LogP contribution in [0.5, 0.6) is 11.5 Å². The van der Waals surface area contributed by atoms with E-state index in [2.05, 4.69) is 5.32 Å². The van der Waals surface area contributed by atoms with E-state index in [1.54, 1.807) is 72.8 Å². The Kier molecular flexibility index (Phi) is 5.25. The van der Waals surface area contributed by atoms with Gasteiger partial charge in [-0.15, -0.1) is 0 Å². The van der Waals surface area contributed by atoms with E-state index in [4.69, 9.17) is 16.3 Å². The Morgan fingerprint density at radius 3 is 1.90 bits per heavy atom. The van der Waals surface area contributed by atoms with Crippen LogP contribution < -0.4 is 10.1 Å². The summed E-state index contributed by atoms with van der Waals surface area (Å²) in [5.41, 5.74) is 1.14. The summed E-state index contributed by atoms with van der Waals surface area (Å²) in [6.45, 7) is 1.52. The number of halogens is 1. The molecule has 0 radical (unpaired) electrons. The normalized spacial score (nSPS) is 13.7. The van der Waals surface area contributed by atoms with Gasteiger partial charge in [0, 0.05) is 10.7 Å². The predicted molar refractivity (Wildman–Crippen MR) is 113 cm³/mol. The van der Waals surface area contributed by atoms with E-state index in [1.165, 1.54) is 6.92 Å². The fourth-order valence-electron chi connectivity index (χ4n) is 3.17. The van der Waals surface area contributed by atoms with Crippen LogP contribution in [0.3, 0.4) is 0 Å². The first-order valence-electron chi connectivity index (χ1n) is 9.25. The van der Waals surface area contributed by atoms with E-state index < -0.39 is 23.8 Å². The lowest BCUT2D eigenvalue weighted by atomic mass is 10.1. The van der Waals surface area contributed by atoms with Gasteiger partial charge in [0.25, 0.3) is 11.8 Å². The lowest BCUT2D eigenvalue weighted by molar-refractivity contribution is -0.119. The molecule has 0 fully saturated rings. The van der Waals surface area contributed by atoms with Crippen molar-refractivity contribution in [3.63, 3.8) is 0 Å². The summed E-state index contributed by atoms with van der Waals surface area (Å²) >= 11 is 5.86. The zero-order chi connectivity index (χ0) is 21.3. The van der Waals surface area contributed by atoms with E-state index in [0.717, 1.165) is 4.90 Å². The molecule has 0 bridgehead atoms.